The highest BCUT2D eigenvalue weighted by atomic mass is 32.2. The molecule has 3 rings (SSSR count). The van der Waals surface area contributed by atoms with E-state index in [2.05, 4.69) is 15.5 Å². The Labute approximate surface area is 163 Å². The second kappa shape index (κ2) is 9.01. The molecule has 27 heavy (non-hydrogen) atoms. The third kappa shape index (κ3) is 5.80. The lowest BCUT2D eigenvalue weighted by Gasteiger charge is -2.06. The maximum atomic E-state index is 12.3. The second-order valence-electron chi connectivity index (χ2n) is 5.56. The number of thioether (sulfide) groups is 2. The number of nitrogens with one attached hydrogen (secondary N) is 1. The van der Waals surface area contributed by atoms with Gasteiger partial charge in [0, 0.05) is 4.90 Å². The van der Waals surface area contributed by atoms with Crippen LogP contribution in [-0.2, 0) is 11.2 Å². The van der Waals surface area contributed by atoms with Gasteiger partial charge in [-0.05, 0) is 53.9 Å². The van der Waals surface area contributed by atoms with Gasteiger partial charge in [0.2, 0.25) is 5.91 Å². The molecule has 0 aromatic heterocycles. The third-order valence-corrected chi connectivity index (χ3v) is 5.39. The molecule has 140 valence electrons. The van der Waals surface area contributed by atoms with Gasteiger partial charge in [0.05, 0.1) is 11.5 Å². The van der Waals surface area contributed by atoms with Crippen molar-refractivity contribution in [3.63, 3.8) is 0 Å². The first-order chi connectivity index (χ1) is 13.0. The fourth-order valence-electron chi connectivity index (χ4n) is 2.32. The largest absolute Gasteiger partial charge is 0.508 e. The van der Waals surface area contributed by atoms with Gasteiger partial charge in [-0.2, -0.15) is 13.9 Å². The molecule has 5 nitrogen and oxygen atoms in total. The molecule has 1 aliphatic rings. The van der Waals surface area contributed by atoms with E-state index in [0.717, 1.165) is 11.1 Å². The summed E-state index contributed by atoms with van der Waals surface area (Å²) < 4.78 is 24.7. The van der Waals surface area contributed by atoms with Crippen molar-refractivity contribution in [2.45, 2.75) is 22.3 Å². The summed E-state index contributed by atoms with van der Waals surface area (Å²) in [5, 5.41) is 19.9. The first-order valence-electron chi connectivity index (χ1n) is 7.91. The van der Waals surface area contributed by atoms with Gasteiger partial charge in [-0.15, -0.1) is 5.10 Å². The standard InChI is InChI=1S/C18H15F2N3O2S2/c19-17(20)26-14-7-3-11(4-8-14)9-15-16(25)22-18(27-15)23-21-10-12-1-5-13(24)6-2-12/h1-8,10,15,17,24H,9H2,(H,22,23,25). The van der Waals surface area contributed by atoms with E-state index in [4.69, 9.17) is 0 Å². The monoisotopic (exact) mass is 407 g/mol. The highest BCUT2D eigenvalue weighted by molar-refractivity contribution is 8.15. The van der Waals surface area contributed by atoms with Crippen molar-refractivity contribution in [3.05, 3.63) is 59.7 Å². The van der Waals surface area contributed by atoms with E-state index >= 15 is 0 Å². The number of carbonyl (C=O) groups is 1. The van der Waals surface area contributed by atoms with E-state index in [1.54, 1.807) is 48.5 Å². The molecule has 1 atom stereocenters. The Kier molecular flexibility index (Phi) is 6.46. The average molecular weight is 407 g/mol. The van der Waals surface area contributed by atoms with Gasteiger partial charge in [-0.25, -0.2) is 0 Å². The van der Waals surface area contributed by atoms with Crippen LogP contribution in [0.3, 0.4) is 0 Å². The number of amidine groups is 1. The Morgan fingerprint density at radius 3 is 2.56 bits per heavy atom. The molecule has 1 amide bonds. The quantitative estimate of drug-likeness (QED) is 0.433. The molecule has 2 N–H and O–H groups in total. The number of alkyl halides is 2. The molecule has 1 fully saturated rings. The summed E-state index contributed by atoms with van der Waals surface area (Å²) in [6.07, 6.45) is 1.99. The molecule has 1 saturated heterocycles. The maximum Gasteiger partial charge on any atom is 0.288 e. The van der Waals surface area contributed by atoms with Crippen LogP contribution in [0.5, 0.6) is 5.75 Å². The summed E-state index contributed by atoms with van der Waals surface area (Å²) in [4.78, 5) is 12.6. The van der Waals surface area contributed by atoms with Crippen LogP contribution >= 0.6 is 23.5 Å². The van der Waals surface area contributed by atoms with Crippen LogP contribution in [0.2, 0.25) is 0 Å². The van der Waals surface area contributed by atoms with Gasteiger partial charge in [0.15, 0.2) is 5.17 Å². The first-order valence-corrected chi connectivity index (χ1v) is 9.67. The molecular formula is C18H15F2N3O2S2. The van der Waals surface area contributed by atoms with Gasteiger partial charge in [-0.3, -0.25) is 4.79 Å². The highest BCUT2D eigenvalue weighted by Gasteiger charge is 2.30. The number of carbonyl (C=O) groups excluding carboxylic acids is 1. The fraction of sp³-hybridized carbons (Fsp3) is 0.167. The van der Waals surface area contributed by atoms with Gasteiger partial charge in [0.1, 0.15) is 5.75 Å². The lowest BCUT2D eigenvalue weighted by molar-refractivity contribution is -0.118. The minimum absolute atomic E-state index is 0.162. The Balaban J connectivity index is 1.57. The Bertz CT molecular complexity index is 856. The average Bonchev–Trinajstić information content (AvgIpc) is 2.97. The molecular weight excluding hydrogens is 392 g/mol. The van der Waals surface area contributed by atoms with E-state index in [1.807, 2.05) is 0 Å². The van der Waals surface area contributed by atoms with Crippen LogP contribution in [0.4, 0.5) is 8.78 Å². The summed E-state index contributed by atoms with van der Waals surface area (Å²) in [7, 11) is 0. The number of aromatic hydroxyl groups is 1. The van der Waals surface area contributed by atoms with Gasteiger partial charge < -0.3 is 10.4 Å². The van der Waals surface area contributed by atoms with Crippen molar-refractivity contribution in [2.24, 2.45) is 10.2 Å². The molecule has 2 aromatic carbocycles. The smallest absolute Gasteiger partial charge is 0.288 e. The number of benzene rings is 2. The molecule has 1 aliphatic heterocycles. The number of nitrogens with zero attached hydrogens (tertiary/aromatic N) is 2. The van der Waals surface area contributed by atoms with E-state index < -0.39 is 5.76 Å². The minimum Gasteiger partial charge on any atom is -0.508 e. The lowest BCUT2D eigenvalue weighted by atomic mass is 10.1. The third-order valence-electron chi connectivity index (χ3n) is 3.59. The summed E-state index contributed by atoms with van der Waals surface area (Å²) in [6, 6.07) is 13.2. The Morgan fingerprint density at radius 2 is 1.89 bits per heavy atom. The van der Waals surface area contributed by atoms with Crippen LogP contribution in [0.15, 0.2) is 63.6 Å². The van der Waals surface area contributed by atoms with E-state index in [1.165, 1.54) is 18.0 Å². The van der Waals surface area contributed by atoms with Crippen molar-refractivity contribution in [3.8, 4) is 5.75 Å². The SMILES string of the molecule is O=C1NC(=NN=Cc2ccc(O)cc2)SC1Cc1ccc(SC(F)F)cc1. The highest BCUT2D eigenvalue weighted by Crippen LogP contribution is 2.27. The summed E-state index contributed by atoms with van der Waals surface area (Å²) in [5.74, 6) is -2.45. The van der Waals surface area contributed by atoms with E-state index in [9.17, 15) is 18.7 Å². The number of amides is 1. The van der Waals surface area contributed by atoms with Crippen LogP contribution in [0.1, 0.15) is 11.1 Å². The number of hydrogen-bond donors (Lipinski definition) is 2. The van der Waals surface area contributed by atoms with Crippen LogP contribution in [-0.4, -0.2) is 33.4 Å². The van der Waals surface area contributed by atoms with Crippen molar-refractivity contribution in [2.75, 3.05) is 0 Å². The van der Waals surface area contributed by atoms with Crippen LogP contribution in [0.25, 0.3) is 0 Å². The van der Waals surface area contributed by atoms with Gasteiger partial charge >= 0.3 is 0 Å². The molecule has 0 radical (unpaired) electrons. The molecule has 0 aliphatic carbocycles. The topological polar surface area (TPSA) is 74.0 Å². The number of halogens is 2. The zero-order valence-electron chi connectivity index (χ0n) is 13.9. The molecule has 0 spiro atoms. The number of phenolic OH excluding ortho intramolecular Hbond substituents is 1. The van der Waals surface area contributed by atoms with Crippen molar-refractivity contribution < 1.29 is 18.7 Å². The zero-order valence-corrected chi connectivity index (χ0v) is 15.5. The molecule has 1 heterocycles. The summed E-state index contributed by atoms with van der Waals surface area (Å²) in [5.41, 5.74) is 1.65. The molecule has 0 bridgehead atoms. The number of phenols is 1. The number of hydrogen-bond acceptors (Lipinski definition) is 6. The van der Waals surface area contributed by atoms with E-state index in [0.29, 0.717) is 28.2 Å². The Hall–Kier alpha value is -2.39. The minimum atomic E-state index is -2.45. The molecule has 1 unspecified atom stereocenters. The predicted octanol–water partition coefficient (Wildman–Crippen LogP) is 3.87. The van der Waals surface area contributed by atoms with Crippen molar-refractivity contribution >= 4 is 40.8 Å². The second-order valence-corrected chi connectivity index (χ2v) is 7.82. The fourth-order valence-corrected chi connectivity index (χ4v) is 3.78. The van der Waals surface area contributed by atoms with Crippen molar-refractivity contribution in [1.82, 2.24) is 5.32 Å². The normalized spacial score (nSPS) is 18.6. The zero-order chi connectivity index (χ0) is 19.2. The number of rotatable bonds is 6. The molecule has 0 saturated carbocycles. The summed E-state index contributed by atoms with van der Waals surface area (Å²) in [6.45, 7) is 0. The van der Waals surface area contributed by atoms with Gasteiger partial charge in [0.25, 0.3) is 5.76 Å². The molecule has 2 aromatic rings. The van der Waals surface area contributed by atoms with Crippen molar-refractivity contribution in [1.29, 1.82) is 0 Å². The lowest BCUT2D eigenvalue weighted by Crippen LogP contribution is -2.25. The summed E-state index contributed by atoms with van der Waals surface area (Å²) >= 11 is 1.77. The maximum absolute atomic E-state index is 12.3. The molecule has 9 heteroatoms. The van der Waals surface area contributed by atoms with Crippen LogP contribution < -0.4 is 5.32 Å². The Morgan fingerprint density at radius 1 is 1.19 bits per heavy atom. The predicted molar refractivity (Wildman–Crippen MR) is 105 cm³/mol. The van der Waals surface area contributed by atoms with Gasteiger partial charge in [-0.1, -0.05) is 35.7 Å². The van der Waals surface area contributed by atoms with E-state index in [-0.39, 0.29) is 16.9 Å². The first kappa shape index (κ1) is 19.4. The van der Waals surface area contributed by atoms with Crippen LogP contribution in [0, 0.1) is 0 Å².